The molecule has 17 heavy (non-hydrogen) atoms. The number of carbonyl (C=O) groups excluding carboxylic acids is 1. The van der Waals surface area contributed by atoms with E-state index >= 15 is 0 Å². The highest BCUT2D eigenvalue weighted by atomic mass is 16.4. The summed E-state index contributed by atoms with van der Waals surface area (Å²) in [6.45, 7) is 1.88. The van der Waals surface area contributed by atoms with Crippen LogP contribution >= 0.6 is 0 Å². The largest absolute Gasteiger partial charge is 0.478 e. The van der Waals surface area contributed by atoms with Crippen LogP contribution in [-0.4, -0.2) is 16.9 Å². The molecule has 0 fully saturated rings. The second-order valence-corrected chi connectivity index (χ2v) is 4.53. The average molecular weight is 230 g/mol. The van der Waals surface area contributed by atoms with Gasteiger partial charge in [-0.1, -0.05) is 37.3 Å². The molecule has 3 heteroatoms. The third kappa shape index (κ3) is 2.00. The van der Waals surface area contributed by atoms with Crippen molar-refractivity contribution in [2.75, 3.05) is 0 Å². The number of hydrogen-bond acceptors (Lipinski definition) is 2. The molecule has 1 N–H and O–H groups in total. The first-order valence-corrected chi connectivity index (χ1v) is 5.58. The Kier molecular flexibility index (Phi) is 2.84. The zero-order valence-electron chi connectivity index (χ0n) is 9.64. The molecule has 0 radical (unpaired) electrons. The van der Waals surface area contributed by atoms with E-state index in [-0.39, 0.29) is 11.4 Å². The van der Waals surface area contributed by atoms with Crippen molar-refractivity contribution < 1.29 is 14.7 Å². The molecule has 0 heterocycles. The highest BCUT2D eigenvalue weighted by Crippen LogP contribution is 2.39. The zero-order valence-corrected chi connectivity index (χ0v) is 9.64. The minimum Gasteiger partial charge on any atom is -0.478 e. The fourth-order valence-electron chi connectivity index (χ4n) is 2.30. The molecule has 88 valence electrons. The Morgan fingerprint density at radius 1 is 1.29 bits per heavy atom. The van der Waals surface area contributed by atoms with Crippen LogP contribution in [-0.2, 0) is 15.0 Å². The van der Waals surface area contributed by atoms with E-state index in [9.17, 15) is 14.7 Å². The lowest BCUT2D eigenvalue weighted by molar-refractivity contribution is -0.134. The first-order valence-electron chi connectivity index (χ1n) is 5.58. The smallest absolute Gasteiger partial charge is 0.332 e. The summed E-state index contributed by atoms with van der Waals surface area (Å²) in [6, 6.07) is 9.48. The topological polar surface area (TPSA) is 54.4 Å². The summed E-state index contributed by atoms with van der Waals surface area (Å²) in [4.78, 5) is 22.6. The van der Waals surface area contributed by atoms with Crippen LogP contribution in [0.4, 0.5) is 0 Å². The van der Waals surface area contributed by atoms with Crippen molar-refractivity contribution >= 4 is 11.8 Å². The lowest BCUT2D eigenvalue weighted by Crippen LogP contribution is -2.33. The van der Waals surface area contributed by atoms with Crippen LogP contribution in [0, 0.1) is 0 Å². The lowest BCUT2D eigenvalue weighted by Gasteiger charge is -2.33. The van der Waals surface area contributed by atoms with Crippen molar-refractivity contribution in [3.05, 3.63) is 47.5 Å². The number of hydrogen-bond donors (Lipinski definition) is 1. The average Bonchev–Trinajstić information content (AvgIpc) is 2.33. The molecule has 0 aliphatic heterocycles. The summed E-state index contributed by atoms with van der Waals surface area (Å²) in [5.74, 6) is -1.11. The summed E-state index contributed by atoms with van der Waals surface area (Å²) < 4.78 is 0. The molecule has 0 bridgehead atoms. The van der Waals surface area contributed by atoms with Crippen molar-refractivity contribution in [2.45, 2.75) is 25.2 Å². The molecule has 0 aromatic heterocycles. The number of ketones is 1. The zero-order chi connectivity index (χ0) is 12.5. The number of benzene rings is 1. The predicted octanol–water partition coefficient (Wildman–Crippen LogP) is 2.32. The molecule has 2 rings (SSSR count). The summed E-state index contributed by atoms with van der Waals surface area (Å²) in [5.41, 5.74) is 0.571. The predicted molar refractivity (Wildman–Crippen MR) is 63.8 cm³/mol. The van der Waals surface area contributed by atoms with Crippen LogP contribution in [0.25, 0.3) is 0 Å². The number of aliphatic carboxylic acids is 1. The molecule has 1 unspecified atom stereocenters. The minimum atomic E-state index is -1.01. The van der Waals surface area contributed by atoms with E-state index in [0.29, 0.717) is 12.8 Å². The molecule has 1 atom stereocenters. The van der Waals surface area contributed by atoms with Crippen LogP contribution in [0.3, 0.4) is 0 Å². The number of allylic oxidation sites excluding steroid dienone is 1. The van der Waals surface area contributed by atoms with E-state index in [1.807, 2.05) is 37.3 Å². The second-order valence-electron chi connectivity index (χ2n) is 4.53. The van der Waals surface area contributed by atoms with E-state index in [2.05, 4.69) is 0 Å². The van der Waals surface area contributed by atoms with Crippen LogP contribution in [0.2, 0.25) is 0 Å². The lowest BCUT2D eigenvalue weighted by atomic mass is 9.69. The standard InChI is InChI=1S/C14H14O3/c1-14(10-5-3-2-4-6-10)8-7-11(15)9-12(14)13(16)17/h2-6,9H,7-8H2,1H3,(H,16,17). The van der Waals surface area contributed by atoms with Gasteiger partial charge >= 0.3 is 5.97 Å². The first-order chi connectivity index (χ1) is 8.04. The van der Waals surface area contributed by atoms with Crippen molar-refractivity contribution in [2.24, 2.45) is 0 Å². The van der Waals surface area contributed by atoms with Gasteiger partial charge in [-0.25, -0.2) is 4.79 Å². The maximum Gasteiger partial charge on any atom is 0.332 e. The molecular formula is C14H14O3. The SMILES string of the molecule is CC1(c2ccccc2)CCC(=O)C=C1C(=O)O. The van der Waals surface area contributed by atoms with Crippen LogP contribution < -0.4 is 0 Å². The van der Waals surface area contributed by atoms with Crippen LogP contribution in [0.5, 0.6) is 0 Å². The van der Waals surface area contributed by atoms with Gasteiger partial charge in [-0.2, -0.15) is 0 Å². The highest BCUT2D eigenvalue weighted by Gasteiger charge is 2.38. The van der Waals surface area contributed by atoms with E-state index in [4.69, 9.17) is 0 Å². The molecule has 1 aromatic carbocycles. The van der Waals surface area contributed by atoms with E-state index < -0.39 is 11.4 Å². The van der Waals surface area contributed by atoms with Gasteiger partial charge < -0.3 is 5.11 Å². The van der Waals surface area contributed by atoms with Gasteiger partial charge in [-0.15, -0.1) is 0 Å². The summed E-state index contributed by atoms with van der Waals surface area (Å²) >= 11 is 0. The Morgan fingerprint density at radius 2 is 1.94 bits per heavy atom. The summed E-state index contributed by atoms with van der Waals surface area (Å²) in [7, 11) is 0. The quantitative estimate of drug-likeness (QED) is 0.848. The van der Waals surface area contributed by atoms with Crippen LogP contribution in [0.1, 0.15) is 25.3 Å². The maximum absolute atomic E-state index is 11.4. The fraction of sp³-hybridized carbons (Fsp3) is 0.286. The van der Waals surface area contributed by atoms with E-state index in [0.717, 1.165) is 5.56 Å². The summed E-state index contributed by atoms with van der Waals surface area (Å²) in [6.07, 6.45) is 2.23. The molecule has 1 aromatic rings. The molecule has 0 saturated carbocycles. The Balaban J connectivity index is 2.53. The van der Waals surface area contributed by atoms with Gasteiger partial charge in [0.2, 0.25) is 0 Å². The number of rotatable bonds is 2. The molecule has 0 amide bonds. The Labute approximate surface area is 99.8 Å². The number of carboxylic acids is 1. The second kappa shape index (κ2) is 4.17. The summed E-state index contributed by atoms with van der Waals surface area (Å²) in [5, 5.41) is 9.23. The van der Waals surface area contributed by atoms with Gasteiger partial charge in [-0.05, 0) is 18.1 Å². The van der Waals surface area contributed by atoms with E-state index in [1.54, 1.807) is 0 Å². The van der Waals surface area contributed by atoms with Gasteiger partial charge in [0.25, 0.3) is 0 Å². The molecular weight excluding hydrogens is 216 g/mol. The van der Waals surface area contributed by atoms with Crippen molar-refractivity contribution in [3.63, 3.8) is 0 Å². The fourth-order valence-corrected chi connectivity index (χ4v) is 2.30. The first kappa shape index (κ1) is 11.6. The van der Waals surface area contributed by atoms with Crippen molar-refractivity contribution in [3.8, 4) is 0 Å². The molecule has 1 aliphatic rings. The van der Waals surface area contributed by atoms with Crippen molar-refractivity contribution in [1.29, 1.82) is 0 Å². The molecule has 0 spiro atoms. The van der Waals surface area contributed by atoms with Gasteiger partial charge in [0.15, 0.2) is 5.78 Å². The molecule has 0 saturated heterocycles. The van der Waals surface area contributed by atoms with Gasteiger partial charge in [0, 0.05) is 11.8 Å². The molecule has 3 nitrogen and oxygen atoms in total. The normalized spacial score (nSPS) is 24.3. The molecule has 1 aliphatic carbocycles. The number of carbonyl (C=O) groups is 2. The van der Waals surface area contributed by atoms with Crippen LogP contribution in [0.15, 0.2) is 42.0 Å². The third-order valence-corrected chi connectivity index (χ3v) is 3.41. The highest BCUT2D eigenvalue weighted by molar-refractivity contribution is 6.02. The number of carboxylic acid groups (broad SMARTS) is 1. The van der Waals surface area contributed by atoms with Gasteiger partial charge in [0.05, 0.1) is 5.57 Å². The monoisotopic (exact) mass is 230 g/mol. The van der Waals surface area contributed by atoms with Gasteiger partial charge in [-0.3, -0.25) is 4.79 Å². The Hall–Kier alpha value is -1.90. The Bertz CT molecular complexity index is 487. The minimum absolute atomic E-state index is 0.101. The van der Waals surface area contributed by atoms with Crippen molar-refractivity contribution in [1.82, 2.24) is 0 Å². The Morgan fingerprint density at radius 3 is 2.53 bits per heavy atom. The third-order valence-electron chi connectivity index (χ3n) is 3.41. The van der Waals surface area contributed by atoms with Gasteiger partial charge in [0.1, 0.15) is 0 Å². The maximum atomic E-state index is 11.4. The van der Waals surface area contributed by atoms with E-state index in [1.165, 1.54) is 6.08 Å².